The number of halogens is 2. The molecule has 0 atom stereocenters. The van der Waals surface area contributed by atoms with Gasteiger partial charge in [0.25, 0.3) is 0 Å². The lowest BCUT2D eigenvalue weighted by Crippen LogP contribution is -2.12. The third-order valence-corrected chi connectivity index (χ3v) is 3.64. The minimum Gasteiger partial charge on any atom is -0.361 e. The van der Waals surface area contributed by atoms with Gasteiger partial charge in [-0.15, -0.1) is 12.4 Å². The molecule has 2 N–H and O–H groups in total. The predicted molar refractivity (Wildman–Crippen MR) is 92.3 cm³/mol. The Morgan fingerprint density at radius 1 is 1.10 bits per heavy atom. The molecule has 0 unspecified atom stereocenters. The van der Waals surface area contributed by atoms with E-state index in [0.717, 1.165) is 18.1 Å². The van der Waals surface area contributed by atoms with Crippen LogP contribution in [0, 0.1) is 6.92 Å². The highest BCUT2D eigenvalue weighted by Crippen LogP contribution is 2.18. The largest absolute Gasteiger partial charge is 0.361 e. The number of H-pyrrole nitrogens is 1. The van der Waals surface area contributed by atoms with E-state index in [0.29, 0.717) is 0 Å². The highest BCUT2D eigenvalue weighted by Gasteiger charge is 2.02. The summed E-state index contributed by atoms with van der Waals surface area (Å²) in [6, 6.07) is 14.5. The lowest BCUT2D eigenvalue weighted by molar-refractivity contribution is 0.696. The Hall–Kier alpha value is -1.48. The summed E-state index contributed by atoms with van der Waals surface area (Å²) in [5.74, 6) is 0. The van der Waals surface area contributed by atoms with E-state index in [1.807, 2.05) is 18.2 Å². The molecule has 0 saturated carbocycles. The molecule has 21 heavy (non-hydrogen) atoms. The number of aromatic amines is 1. The van der Waals surface area contributed by atoms with Crippen LogP contribution in [0.25, 0.3) is 10.9 Å². The third kappa shape index (κ3) is 3.79. The fraction of sp³-hybridized carbons (Fsp3) is 0.176. The zero-order valence-corrected chi connectivity index (χ0v) is 13.4. The Labute approximate surface area is 135 Å². The minimum absolute atomic E-state index is 0. The molecule has 0 fully saturated rings. The van der Waals surface area contributed by atoms with Gasteiger partial charge in [0, 0.05) is 35.2 Å². The highest BCUT2D eigenvalue weighted by atomic mass is 35.5. The molecular formula is C17H18Cl2N2. The monoisotopic (exact) mass is 320 g/mol. The normalized spacial score (nSPS) is 10.6. The molecular weight excluding hydrogens is 303 g/mol. The molecule has 0 saturated heterocycles. The van der Waals surface area contributed by atoms with Gasteiger partial charge in [0.1, 0.15) is 0 Å². The maximum absolute atomic E-state index is 6.07. The lowest BCUT2D eigenvalue weighted by atomic mass is 10.1. The average Bonchev–Trinajstić information content (AvgIpc) is 2.81. The quantitative estimate of drug-likeness (QED) is 0.707. The molecule has 110 valence electrons. The topological polar surface area (TPSA) is 27.8 Å². The van der Waals surface area contributed by atoms with Gasteiger partial charge in [-0.05, 0) is 41.8 Å². The van der Waals surface area contributed by atoms with Gasteiger partial charge in [0.2, 0.25) is 0 Å². The van der Waals surface area contributed by atoms with E-state index in [4.69, 9.17) is 11.6 Å². The summed E-state index contributed by atoms with van der Waals surface area (Å²) in [6.07, 6.45) is 2.07. The number of fused-ring (bicyclic) bond motifs is 1. The summed E-state index contributed by atoms with van der Waals surface area (Å²) >= 11 is 6.07. The molecule has 2 aromatic carbocycles. The van der Waals surface area contributed by atoms with Crippen molar-refractivity contribution < 1.29 is 0 Å². The molecule has 0 aliphatic heterocycles. The second-order valence-corrected chi connectivity index (χ2v) is 5.54. The maximum atomic E-state index is 6.07. The van der Waals surface area contributed by atoms with Gasteiger partial charge < -0.3 is 10.3 Å². The Kier molecular flexibility index (Phi) is 5.29. The van der Waals surface area contributed by atoms with Gasteiger partial charge in [0.05, 0.1) is 0 Å². The summed E-state index contributed by atoms with van der Waals surface area (Å²) in [5.41, 5.74) is 4.89. The summed E-state index contributed by atoms with van der Waals surface area (Å²) < 4.78 is 0. The van der Waals surface area contributed by atoms with Crippen LogP contribution in [0.2, 0.25) is 5.02 Å². The van der Waals surface area contributed by atoms with Crippen LogP contribution in [-0.4, -0.2) is 4.98 Å². The molecule has 0 aliphatic carbocycles. The Bertz CT molecular complexity index is 714. The summed E-state index contributed by atoms with van der Waals surface area (Å²) in [7, 11) is 0. The zero-order chi connectivity index (χ0) is 13.9. The van der Waals surface area contributed by atoms with Crippen molar-refractivity contribution in [2.45, 2.75) is 20.0 Å². The van der Waals surface area contributed by atoms with Crippen molar-refractivity contribution in [3.05, 3.63) is 70.4 Å². The lowest BCUT2D eigenvalue weighted by Gasteiger charge is -2.06. The first-order chi connectivity index (χ1) is 9.72. The molecule has 1 heterocycles. The average molecular weight is 321 g/mol. The number of aromatic nitrogens is 1. The number of nitrogens with one attached hydrogen (secondary N) is 2. The van der Waals surface area contributed by atoms with Gasteiger partial charge in [-0.25, -0.2) is 0 Å². The number of aryl methyl sites for hydroxylation is 1. The number of hydrogen-bond donors (Lipinski definition) is 2. The van der Waals surface area contributed by atoms with Crippen LogP contribution in [-0.2, 0) is 13.1 Å². The van der Waals surface area contributed by atoms with Crippen molar-refractivity contribution in [1.82, 2.24) is 10.3 Å². The van der Waals surface area contributed by atoms with Crippen molar-refractivity contribution >= 4 is 34.9 Å². The third-order valence-electron chi connectivity index (χ3n) is 3.42. The Balaban J connectivity index is 0.00000161. The molecule has 4 heteroatoms. The van der Waals surface area contributed by atoms with Crippen LogP contribution in [0.3, 0.4) is 0 Å². The second-order valence-electron chi connectivity index (χ2n) is 5.10. The van der Waals surface area contributed by atoms with Crippen molar-refractivity contribution in [1.29, 1.82) is 0 Å². The molecule has 3 rings (SSSR count). The fourth-order valence-electron chi connectivity index (χ4n) is 2.53. The summed E-state index contributed by atoms with van der Waals surface area (Å²) in [5, 5.41) is 5.55. The van der Waals surface area contributed by atoms with Crippen LogP contribution < -0.4 is 5.32 Å². The van der Waals surface area contributed by atoms with Crippen molar-refractivity contribution in [3.8, 4) is 0 Å². The predicted octanol–water partition coefficient (Wildman–Crippen LogP) is 4.84. The summed E-state index contributed by atoms with van der Waals surface area (Å²) in [6.45, 7) is 3.73. The van der Waals surface area contributed by atoms with E-state index in [9.17, 15) is 0 Å². The molecule has 0 bridgehead atoms. The van der Waals surface area contributed by atoms with Crippen LogP contribution in [0.15, 0.2) is 48.7 Å². The van der Waals surface area contributed by atoms with Gasteiger partial charge in [-0.1, -0.05) is 35.9 Å². The Morgan fingerprint density at radius 3 is 2.71 bits per heavy atom. The first kappa shape index (κ1) is 15.9. The van der Waals surface area contributed by atoms with Crippen molar-refractivity contribution in [3.63, 3.8) is 0 Å². The first-order valence-electron chi connectivity index (χ1n) is 6.74. The van der Waals surface area contributed by atoms with E-state index in [1.165, 1.54) is 27.6 Å². The number of benzene rings is 2. The smallest absolute Gasteiger partial charge is 0.0457 e. The molecule has 1 aromatic heterocycles. The van der Waals surface area contributed by atoms with Crippen molar-refractivity contribution in [2.24, 2.45) is 0 Å². The number of rotatable bonds is 4. The molecule has 0 aliphatic rings. The van der Waals surface area contributed by atoms with Crippen LogP contribution in [0.5, 0.6) is 0 Å². The number of para-hydroxylation sites is 1. The van der Waals surface area contributed by atoms with E-state index >= 15 is 0 Å². The SMILES string of the molecule is Cc1cc(Cl)cc(CNCc2c[nH]c3ccccc23)c1.Cl. The second kappa shape index (κ2) is 6.99. The highest BCUT2D eigenvalue weighted by molar-refractivity contribution is 6.30. The van der Waals surface area contributed by atoms with Crippen LogP contribution in [0.4, 0.5) is 0 Å². The van der Waals surface area contributed by atoms with Gasteiger partial charge >= 0.3 is 0 Å². The molecule has 3 aromatic rings. The standard InChI is InChI=1S/C17H17ClN2.ClH/c1-12-6-13(8-15(18)7-12)9-19-10-14-11-20-17-5-3-2-4-16(14)17;/h2-8,11,19-20H,9-10H2,1H3;1H. The zero-order valence-electron chi connectivity index (χ0n) is 11.8. The minimum atomic E-state index is 0. The molecule has 0 radical (unpaired) electrons. The molecule has 0 amide bonds. The van der Waals surface area contributed by atoms with Gasteiger partial charge in [-0.3, -0.25) is 0 Å². The van der Waals surface area contributed by atoms with E-state index < -0.39 is 0 Å². The van der Waals surface area contributed by atoms with Gasteiger partial charge in [0.15, 0.2) is 0 Å². The Morgan fingerprint density at radius 2 is 1.90 bits per heavy atom. The van der Waals surface area contributed by atoms with E-state index in [1.54, 1.807) is 0 Å². The fourth-order valence-corrected chi connectivity index (χ4v) is 2.85. The summed E-state index contributed by atoms with van der Waals surface area (Å²) in [4.78, 5) is 3.29. The molecule has 0 spiro atoms. The van der Waals surface area contributed by atoms with Crippen LogP contribution in [0.1, 0.15) is 16.7 Å². The van der Waals surface area contributed by atoms with E-state index in [-0.39, 0.29) is 12.4 Å². The first-order valence-corrected chi connectivity index (χ1v) is 7.12. The van der Waals surface area contributed by atoms with E-state index in [2.05, 4.69) is 47.7 Å². The van der Waals surface area contributed by atoms with Crippen molar-refractivity contribution in [2.75, 3.05) is 0 Å². The maximum Gasteiger partial charge on any atom is 0.0457 e. The number of hydrogen-bond acceptors (Lipinski definition) is 1. The molecule has 2 nitrogen and oxygen atoms in total. The van der Waals surface area contributed by atoms with Crippen LogP contribution >= 0.6 is 24.0 Å². The van der Waals surface area contributed by atoms with Gasteiger partial charge in [-0.2, -0.15) is 0 Å².